The molecule has 1 aromatic heterocycles. The lowest BCUT2D eigenvalue weighted by Gasteiger charge is -2.20. The van der Waals surface area contributed by atoms with Gasteiger partial charge in [-0.15, -0.1) is 0 Å². The Labute approximate surface area is 106 Å². The van der Waals surface area contributed by atoms with Gasteiger partial charge in [-0.05, 0) is 32.4 Å². The second-order valence-corrected chi connectivity index (χ2v) is 5.05. The zero-order valence-corrected chi connectivity index (χ0v) is 10.9. The molecule has 1 aliphatic heterocycles. The molecule has 0 saturated carbocycles. The van der Waals surface area contributed by atoms with E-state index in [1.165, 1.54) is 0 Å². The molecule has 1 unspecified atom stereocenters. The van der Waals surface area contributed by atoms with E-state index in [1.807, 2.05) is 26.8 Å². The van der Waals surface area contributed by atoms with Crippen LogP contribution in [0.5, 0.6) is 0 Å². The van der Waals surface area contributed by atoms with Crippen LogP contribution in [0.4, 0.5) is 0 Å². The fourth-order valence-corrected chi connectivity index (χ4v) is 1.93. The Balaban J connectivity index is 2.15. The molecule has 1 aromatic rings. The summed E-state index contributed by atoms with van der Waals surface area (Å²) in [6.07, 6.45) is 0.446. The highest BCUT2D eigenvalue weighted by Gasteiger charge is 2.37. The fraction of sp³-hybridized carbons (Fsp3) is 0.583. The van der Waals surface area contributed by atoms with Crippen LogP contribution in [-0.4, -0.2) is 28.6 Å². The second-order valence-electron chi connectivity index (χ2n) is 4.69. The van der Waals surface area contributed by atoms with Crippen LogP contribution in [0.15, 0.2) is 12.3 Å². The first-order chi connectivity index (χ1) is 7.89. The lowest BCUT2D eigenvalue weighted by atomic mass is 10.1. The largest absolute Gasteiger partial charge is 0.386 e. The molecule has 4 nitrogen and oxygen atoms in total. The zero-order chi connectivity index (χ0) is 12.6. The zero-order valence-electron chi connectivity index (χ0n) is 10.1. The van der Waals surface area contributed by atoms with Gasteiger partial charge in [-0.3, -0.25) is 0 Å². The summed E-state index contributed by atoms with van der Waals surface area (Å²) >= 11 is 5.84. The maximum absolute atomic E-state index is 10.2. The summed E-state index contributed by atoms with van der Waals surface area (Å²) in [6, 6.07) is 1.81. The Morgan fingerprint density at radius 3 is 2.82 bits per heavy atom. The summed E-state index contributed by atoms with van der Waals surface area (Å²) in [4.78, 5) is 4.02. The van der Waals surface area contributed by atoms with Gasteiger partial charge < -0.3 is 14.6 Å². The Bertz CT molecular complexity index is 422. The predicted molar refractivity (Wildman–Crippen MR) is 63.8 cm³/mol. The summed E-state index contributed by atoms with van der Waals surface area (Å²) in [5.41, 5.74) is 1.53. The summed E-state index contributed by atoms with van der Waals surface area (Å²) in [5, 5.41) is 10.6. The highest BCUT2D eigenvalue weighted by Crippen LogP contribution is 2.31. The number of aliphatic hydroxyl groups excluding tert-OH is 1. The van der Waals surface area contributed by atoms with Crippen LogP contribution in [-0.2, 0) is 9.47 Å². The molecule has 1 saturated heterocycles. The van der Waals surface area contributed by atoms with Crippen LogP contribution in [0.3, 0.4) is 0 Å². The third kappa shape index (κ3) is 2.77. The first-order valence-electron chi connectivity index (χ1n) is 5.51. The van der Waals surface area contributed by atoms with E-state index in [-0.39, 0.29) is 6.10 Å². The Hall–Kier alpha value is -0.680. The summed E-state index contributed by atoms with van der Waals surface area (Å²) in [5.74, 6) is -0.638. The molecule has 17 heavy (non-hydrogen) atoms. The molecule has 2 rings (SSSR count). The Morgan fingerprint density at radius 1 is 1.59 bits per heavy atom. The van der Waals surface area contributed by atoms with Crippen molar-refractivity contribution >= 4 is 11.6 Å². The normalized spacial score (nSPS) is 24.9. The van der Waals surface area contributed by atoms with Gasteiger partial charge in [0.05, 0.1) is 6.61 Å². The molecule has 0 aliphatic carbocycles. The number of pyridine rings is 1. The van der Waals surface area contributed by atoms with Gasteiger partial charge in [0, 0.05) is 11.8 Å². The maximum atomic E-state index is 10.2. The quantitative estimate of drug-likeness (QED) is 0.826. The number of rotatable bonds is 2. The molecule has 0 radical (unpaired) electrons. The number of nitrogens with zero attached hydrogens (tertiary/aromatic N) is 1. The van der Waals surface area contributed by atoms with E-state index in [4.69, 9.17) is 21.1 Å². The second kappa shape index (κ2) is 4.53. The van der Waals surface area contributed by atoms with E-state index in [1.54, 1.807) is 6.20 Å². The highest BCUT2D eigenvalue weighted by molar-refractivity contribution is 6.30. The van der Waals surface area contributed by atoms with Crippen LogP contribution < -0.4 is 0 Å². The van der Waals surface area contributed by atoms with Crippen LogP contribution in [0, 0.1) is 6.92 Å². The molecular formula is C12H16ClNO3. The van der Waals surface area contributed by atoms with E-state index < -0.39 is 11.9 Å². The monoisotopic (exact) mass is 257 g/mol. The first-order valence-corrected chi connectivity index (χ1v) is 5.89. The van der Waals surface area contributed by atoms with Gasteiger partial charge in [0.2, 0.25) is 0 Å². The number of aryl methyl sites for hydroxylation is 1. The number of hydrogen-bond donors (Lipinski definition) is 1. The van der Waals surface area contributed by atoms with Crippen molar-refractivity contribution in [1.82, 2.24) is 4.98 Å². The van der Waals surface area contributed by atoms with Crippen molar-refractivity contribution < 1.29 is 14.6 Å². The third-order valence-corrected chi connectivity index (χ3v) is 3.16. The van der Waals surface area contributed by atoms with Gasteiger partial charge >= 0.3 is 0 Å². The smallest absolute Gasteiger partial charge is 0.163 e. The van der Waals surface area contributed by atoms with Crippen molar-refractivity contribution in [1.29, 1.82) is 0 Å². The SMILES string of the molecule is Cc1cc(C(O)[C@@H]2COC(C)(C)O2)cnc1Cl. The summed E-state index contributed by atoms with van der Waals surface area (Å²) in [6.45, 7) is 5.87. The molecule has 0 aromatic carbocycles. The molecular weight excluding hydrogens is 242 g/mol. The van der Waals surface area contributed by atoms with E-state index in [0.717, 1.165) is 5.56 Å². The van der Waals surface area contributed by atoms with Crippen LogP contribution in [0.25, 0.3) is 0 Å². The Kier molecular flexibility index (Phi) is 3.41. The van der Waals surface area contributed by atoms with Gasteiger partial charge in [0.15, 0.2) is 5.79 Å². The average Bonchev–Trinajstić information content (AvgIpc) is 2.62. The number of aromatic nitrogens is 1. The van der Waals surface area contributed by atoms with Crippen LogP contribution in [0.1, 0.15) is 31.1 Å². The van der Waals surface area contributed by atoms with E-state index in [9.17, 15) is 5.11 Å². The van der Waals surface area contributed by atoms with Gasteiger partial charge in [-0.2, -0.15) is 0 Å². The van der Waals surface area contributed by atoms with Gasteiger partial charge in [0.25, 0.3) is 0 Å². The topological polar surface area (TPSA) is 51.6 Å². The van der Waals surface area contributed by atoms with Crippen molar-refractivity contribution in [2.45, 2.75) is 38.8 Å². The van der Waals surface area contributed by atoms with Crippen molar-refractivity contribution in [2.24, 2.45) is 0 Å². The lowest BCUT2D eigenvalue weighted by Crippen LogP contribution is -2.25. The fourth-order valence-electron chi connectivity index (χ4n) is 1.83. The molecule has 2 heterocycles. The first kappa shape index (κ1) is 12.8. The molecule has 1 fully saturated rings. The Morgan fingerprint density at radius 2 is 2.29 bits per heavy atom. The number of halogens is 1. The molecule has 0 amide bonds. The molecule has 1 aliphatic rings. The molecule has 0 bridgehead atoms. The average molecular weight is 258 g/mol. The predicted octanol–water partition coefficient (Wildman–Crippen LogP) is 2.23. The summed E-state index contributed by atoms with van der Waals surface area (Å²) < 4.78 is 11.0. The molecule has 1 N–H and O–H groups in total. The highest BCUT2D eigenvalue weighted by atomic mass is 35.5. The number of hydrogen-bond acceptors (Lipinski definition) is 4. The standard InChI is InChI=1S/C12H16ClNO3/c1-7-4-8(5-14-11(7)13)10(15)9-6-16-12(2,3)17-9/h4-5,9-10,15H,6H2,1-3H3/t9-,10?/m0/s1. The minimum atomic E-state index is -0.750. The molecule has 94 valence electrons. The third-order valence-electron chi connectivity index (χ3n) is 2.76. The van der Waals surface area contributed by atoms with Crippen LogP contribution >= 0.6 is 11.6 Å². The van der Waals surface area contributed by atoms with E-state index in [0.29, 0.717) is 17.3 Å². The lowest BCUT2D eigenvalue weighted by molar-refractivity contribution is -0.151. The van der Waals surface area contributed by atoms with E-state index in [2.05, 4.69) is 4.98 Å². The van der Waals surface area contributed by atoms with Gasteiger partial charge in [-0.1, -0.05) is 11.6 Å². The van der Waals surface area contributed by atoms with Gasteiger partial charge in [0.1, 0.15) is 17.4 Å². The maximum Gasteiger partial charge on any atom is 0.163 e. The molecule has 5 heteroatoms. The summed E-state index contributed by atoms with van der Waals surface area (Å²) in [7, 11) is 0. The molecule has 0 spiro atoms. The minimum absolute atomic E-state index is 0.368. The van der Waals surface area contributed by atoms with Crippen molar-refractivity contribution in [3.63, 3.8) is 0 Å². The van der Waals surface area contributed by atoms with Crippen LogP contribution in [0.2, 0.25) is 5.15 Å². The van der Waals surface area contributed by atoms with Crippen molar-refractivity contribution in [3.05, 3.63) is 28.5 Å². The van der Waals surface area contributed by atoms with Crippen molar-refractivity contribution in [2.75, 3.05) is 6.61 Å². The van der Waals surface area contributed by atoms with E-state index >= 15 is 0 Å². The van der Waals surface area contributed by atoms with Crippen molar-refractivity contribution in [3.8, 4) is 0 Å². The minimum Gasteiger partial charge on any atom is -0.386 e. The number of ether oxygens (including phenoxy) is 2. The van der Waals surface area contributed by atoms with Gasteiger partial charge in [-0.25, -0.2) is 4.98 Å². The molecule has 2 atom stereocenters. The number of aliphatic hydroxyl groups is 1.